The highest BCUT2D eigenvalue weighted by molar-refractivity contribution is 7.15. The molecular formula is C50H59ClN12O7S2. The molecule has 4 aromatic heterocycles. The number of thiazole rings is 1. The Kier molecular flexibility index (Phi) is 16.4. The molecule has 2 aliphatic rings. The molecule has 22 heteroatoms. The molecule has 2 aromatic carbocycles. The lowest BCUT2D eigenvalue weighted by Gasteiger charge is -2.35. The van der Waals surface area contributed by atoms with Gasteiger partial charge in [0.25, 0.3) is 0 Å². The number of carbonyl (C=O) groups is 4. The fourth-order valence-corrected chi connectivity index (χ4v) is 10.8. The second kappa shape index (κ2) is 22.7. The Morgan fingerprint density at radius 1 is 0.931 bits per heavy atom. The maximum Gasteiger partial charge on any atom is 0.246 e. The van der Waals surface area contributed by atoms with Crippen LogP contribution in [-0.2, 0) is 48.3 Å². The van der Waals surface area contributed by atoms with Crippen LogP contribution in [0.5, 0.6) is 0 Å². The normalized spacial score (nSPS) is 16.9. The molecule has 0 bridgehead atoms. The van der Waals surface area contributed by atoms with Crippen LogP contribution in [0.1, 0.15) is 89.8 Å². The molecule has 6 heterocycles. The SMILES string of the molecule is Cc1ncsc1-c1ccc(CNC(=O)[C@@H]2C[C@@H](O)CN2C(=O)[C@@H](NC(=O)COCCOCc2cn(CCNC(=O)C[C@@H]3N=C(c4ccc(Cl)cc4)c4c(sc(C)c4C)-n4c(C)nnc43)nn2)C(C)(C)C)cc1. The monoisotopic (exact) mass is 1040 g/mol. The average Bonchev–Trinajstić information content (AvgIpc) is 4.19. The summed E-state index contributed by atoms with van der Waals surface area (Å²) in [6, 6.07) is 12.9. The number of aryl methyl sites for hydroxylation is 3. The minimum Gasteiger partial charge on any atom is -0.391 e. The minimum absolute atomic E-state index is 0.0343. The predicted octanol–water partition coefficient (Wildman–Crippen LogP) is 5.37. The van der Waals surface area contributed by atoms with Gasteiger partial charge in [0.2, 0.25) is 23.6 Å². The molecule has 6 aromatic rings. The number of carbonyl (C=O) groups excluding carboxylic acids is 4. The second-order valence-corrected chi connectivity index (χ2v) is 21.5. The molecule has 2 aliphatic heterocycles. The highest BCUT2D eigenvalue weighted by Crippen LogP contribution is 2.40. The molecule has 380 valence electrons. The van der Waals surface area contributed by atoms with Gasteiger partial charge in [0.15, 0.2) is 5.82 Å². The van der Waals surface area contributed by atoms with Gasteiger partial charge in [-0.15, -0.1) is 38.0 Å². The quantitative estimate of drug-likeness (QED) is 0.0751. The van der Waals surface area contributed by atoms with Crippen molar-refractivity contribution < 1.29 is 33.8 Å². The maximum atomic E-state index is 14.0. The Morgan fingerprint density at radius 3 is 2.39 bits per heavy atom. The number of hydrogen-bond donors (Lipinski definition) is 4. The van der Waals surface area contributed by atoms with E-state index in [2.05, 4.69) is 55.3 Å². The van der Waals surface area contributed by atoms with E-state index in [4.69, 9.17) is 26.1 Å². The highest BCUT2D eigenvalue weighted by atomic mass is 35.5. The number of aliphatic hydroxyl groups is 1. The number of β-amino-alcohol motifs (C(OH)–C–C–N with tert-alkyl or cyclic N) is 1. The standard InChI is InChI=1S/C50H59ClN12O7S2/c1-28-30(3)72-49-42(28)43(33-12-14-35(51)15-13-33)55-38(46-59-57-31(4)63(46)49)21-40(65)52-16-17-61-23-36(58-60-61)25-69-18-19-70-26-41(66)56-45(50(5,6)7)48(68)62-24-37(64)20-39(62)47(67)53-22-32-8-10-34(11-9-32)44-29(2)54-27-71-44/h8-15,23,27,37-39,45,64H,16-22,24-26H2,1-7H3,(H,52,65)(H,53,67)(H,56,66)/t37-,38+,39+,45-/m1/s1. The van der Waals surface area contributed by atoms with Crippen molar-refractivity contribution in [2.45, 2.75) is 105 Å². The van der Waals surface area contributed by atoms with Crippen LogP contribution < -0.4 is 16.0 Å². The van der Waals surface area contributed by atoms with Crippen LogP contribution in [0, 0.1) is 33.1 Å². The first-order chi connectivity index (χ1) is 34.4. The van der Waals surface area contributed by atoms with Crippen molar-refractivity contribution in [3.05, 3.63) is 115 Å². The Balaban J connectivity index is 0.760. The Morgan fingerprint density at radius 2 is 1.67 bits per heavy atom. The largest absolute Gasteiger partial charge is 0.391 e. The first kappa shape index (κ1) is 52.1. The zero-order valence-corrected chi connectivity index (χ0v) is 43.7. The number of likely N-dealkylation sites (tertiary alicyclic amines) is 1. The fourth-order valence-electron chi connectivity index (χ4n) is 8.65. The maximum absolute atomic E-state index is 14.0. The van der Waals surface area contributed by atoms with Crippen LogP contribution >= 0.6 is 34.3 Å². The third-order valence-electron chi connectivity index (χ3n) is 12.6. The van der Waals surface area contributed by atoms with Crippen LogP contribution in [-0.4, -0.2) is 125 Å². The molecular weight excluding hydrogens is 980 g/mol. The molecule has 19 nitrogen and oxygen atoms in total. The van der Waals surface area contributed by atoms with Gasteiger partial charge >= 0.3 is 0 Å². The van der Waals surface area contributed by atoms with Gasteiger partial charge in [0.1, 0.15) is 41.3 Å². The van der Waals surface area contributed by atoms with E-state index in [0.29, 0.717) is 35.5 Å². The fraction of sp³-hybridized carbons (Fsp3) is 0.440. The topological polar surface area (TPSA) is 233 Å². The van der Waals surface area contributed by atoms with Gasteiger partial charge in [-0.3, -0.25) is 33.4 Å². The summed E-state index contributed by atoms with van der Waals surface area (Å²) < 4.78 is 14.9. The number of nitrogens with zero attached hydrogens (tertiary/aromatic N) is 9. The van der Waals surface area contributed by atoms with E-state index < -0.39 is 41.5 Å². The third kappa shape index (κ3) is 12.2. The number of benzene rings is 2. The van der Waals surface area contributed by atoms with Crippen molar-refractivity contribution in [1.29, 1.82) is 0 Å². The molecule has 4 atom stereocenters. The lowest BCUT2D eigenvalue weighted by atomic mass is 9.85. The second-order valence-electron chi connectivity index (χ2n) is 19.0. The van der Waals surface area contributed by atoms with Gasteiger partial charge in [-0.2, -0.15) is 0 Å². The summed E-state index contributed by atoms with van der Waals surface area (Å²) in [7, 11) is 0. The molecule has 4 amide bonds. The highest BCUT2D eigenvalue weighted by Gasteiger charge is 2.44. The van der Waals surface area contributed by atoms with Crippen molar-refractivity contribution in [2.24, 2.45) is 10.4 Å². The molecule has 1 saturated heterocycles. The van der Waals surface area contributed by atoms with Crippen LogP contribution in [0.15, 0.2) is 65.2 Å². The molecule has 8 rings (SSSR count). The molecule has 4 N–H and O–H groups in total. The van der Waals surface area contributed by atoms with E-state index in [1.165, 1.54) is 4.90 Å². The molecule has 0 spiro atoms. The van der Waals surface area contributed by atoms with Gasteiger partial charge in [0, 0.05) is 47.1 Å². The molecule has 0 radical (unpaired) electrons. The molecule has 72 heavy (non-hydrogen) atoms. The number of thiophene rings is 1. The molecule has 0 unspecified atom stereocenters. The lowest BCUT2D eigenvalue weighted by Crippen LogP contribution is -2.58. The third-order valence-corrected chi connectivity index (χ3v) is 15.0. The first-order valence-corrected chi connectivity index (χ1v) is 25.7. The van der Waals surface area contributed by atoms with E-state index >= 15 is 0 Å². The Labute approximate surface area is 430 Å². The Bertz CT molecular complexity index is 2940. The number of aromatic nitrogens is 7. The number of hydrogen-bond acceptors (Lipinski definition) is 15. The summed E-state index contributed by atoms with van der Waals surface area (Å²) in [5, 5.41) is 38.1. The summed E-state index contributed by atoms with van der Waals surface area (Å²) in [5.74, 6) is -0.263. The Hall–Kier alpha value is -6.23. The van der Waals surface area contributed by atoms with Gasteiger partial charge < -0.3 is 35.4 Å². The number of aliphatic imine (C=N–C) groups is 1. The summed E-state index contributed by atoms with van der Waals surface area (Å²) in [5.41, 5.74) is 8.29. The predicted molar refractivity (Wildman–Crippen MR) is 273 cm³/mol. The summed E-state index contributed by atoms with van der Waals surface area (Å²) in [4.78, 5) is 67.1. The molecule has 1 fully saturated rings. The zero-order chi connectivity index (χ0) is 51.3. The number of halogens is 1. The van der Waals surface area contributed by atoms with Crippen molar-refractivity contribution in [1.82, 2.24) is 55.6 Å². The molecule has 0 saturated carbocycles. The average molecular weight is 1040 g/mol. The van der Waals surface area contributed by atoms with E-state index in [0.717, 1.165) is 54.0 Å². The number of fused-ring (bicyclic) bond motifs is 3. The van der Waals surface area contributed by atoms with Crippen molar-refractivity contribution >= 4 is 63.6 Å². The van der Waals surface area contributed by atoms with Gasteiger partial charge in [-0.25, -0.2) is 4.98 Å². The smallest absolute Gasteiger partial charge is 0.246 e. The molecule has 0 aliphatic carbocycles. The summed E-state index contributed by atoms with van der Waals surface area (Å²) in [6.45, 7) is 14.4. The van der Waals surface area contributed by atoms with Crippen LogP contribution in [0.2, 0.25) is 5.02 Å². The number of aliphatic hydroxyl groups excluding tert-OH is 1. The number of rotatable bonds is 19. The van der Waals surface area contributed by atoms with E-state index in [1.54, 1.807) is 33.6 Å². The van der Waals surface area contributed by atoms with E-state index in [1.807, 2.05) is 93.2 Å². The van der Waals surface area contributed by atoms with E-state index in [-0.39, 0.29) is 64.2 Å². The van der Waals surface area contributed by atoms with E-state index in [9.17, 15) is 24.3 Å². The van der Waals surface area contributed by atoms with Crippen LogP contribution in [0.4, 0.5) is 0 Å². The minimum atomic E-state index is -0.995. The summed E-state index contributed by atoms with van der Waals surface area (Å²) >= 11 is 9.46. The van der Waals surface area contributed by atoms with Gasteiger partial charge in [0.05, 0.1) is 66.9 Å². The van der Waals surface area contributed by atoms with Crippen molar-refractivity contribution in [2.75, 3.05) is 32.9 Å². The van der Waals surface area contributed by atoms with Crippen molar-refractivity contribution in [3.8, 4) is 15.4 Å². The first-order valence-electron chi connectivity index (χ1n) is 23.7. The lowest BCUT2D eigenvalue weighted by molar-refractivity contribution is -0.144. The van der Waals surface area contributed by atoms with Gasteiger partial charge in [-0.05, 0) is 61.9 Å². The van der Waals surface area contributed by atoms with Gasteiger partial charge in [-0.1, -0.05) is 74.0 Å². The van der Waals surface area contributed by atoms with Crippen LogP contribution in [0.3, 0.4) is 0 Å². The number of nitrogens with one attached hydrogen (secondary N) is 3. The van der Waals surface area contributed by atoms with Crippen molar-refractivity contribution in [3.63, 3.8) is 0 Å². The number of amides is 4. The van der Waals surface area contributed by atoms with Crippen LogP contribution in [0.25, 0.3) is 15.4 Å². The summed E-state index contributed by atoms with van der Waals surface area (Å²) in [6.07, 6.45) is 0.967. The number of ether oxygens (including phenoxy) is 2. The zero-order valence-electron chi connectivity index (χ0n) is 41.3.